The summed E-state index contributed by atoms with van der Waals surface area (Å²) in [6, 6.07) is 11.7. The third-order valence-corrected chi connectivity index (χ3v) is 7.00. The number of rotatable bonds is 6. The van der Waals surface area contributed by atoms with Crippen LogP contribution in [0.2, 0.25) is 25.7 Å². The van der Waals surface area contributed by atoms with Crippen molar-refractivity contribution in [2.24, 2.45) is 0 Å². The highest BCUT2D eigenvalue weighted by molar-refractivity contribution is 14.1. The van der Waals surface area contributed by atoms with Crippen LogP contribution in [0.4, 0.5) is 0 Å². The molecule has 1 aromatic carbocycles. The number of aromatic nitrogens is 4. The molecule has 5 nitrogen and oxygen atoms in total. The number of benzene rings is 1. The zero-order chi connectivity index (χ0) is 19.0. The molecule has 0 unspecified atom stereocenters. The Morgan fingerprint density at radius 2 is 2.00 bits per heavy atom. The average Bonchev–Trinajstić information content (AvgIpc) is 3.21. The Hall–Kier alpha value is -1.71. The second-order valence-electron chi connectivity index (χ2n) is 7.96. The Bertz CT molecular complexity index is 1100. The largest absolute Gasteiger partial charge is 0.361 e. The molecule has 0 spiro atoms. The van der Waals surface area contributed by atoms with E-state index >= 15 is 0 Å². The Morgan fingerprint density at radius 1 is 1.15 bits per heavy atom. The van der Waals surface area contributed by atoms with Crippen LogP contribution in [0.5, 0.6) is 0 Å². The molecule has 4 aromatic rings. The number of hydrogen-bond donors (Lipinski definition) is 0. The van der Waals surface area contributed by atoms with Crippen LogP contribution in [0, 0.1) is 3.57 Å². The van der Waals surface area contributed by atoms with Crippen molar-refractivity contribution in [3.63, 3.8) is 0 Å². The fourth-order valence-corrected chi connectivity index (χ4v) is 4.32. The third-order valence-electron chi connectivity index (χ3n) is 4.63. The van der Waals surface area contributed by atoms with Crippen LogP contribution in [-0.2, 0) is 11.5 Å². The van der Waals surface area contributed by atoms with Crippen molar-refractivity contribution in [1.82, 2.24) is 19.3 Å². The molecule has 140 valence electrons. The molecule has 0 radical (unpaired) electrons. The summed E-state index contributed by atoms with van der Waals surface area (Å²) in [6.45, 7) is 8.43. The maximum Gasteiger partial charge on any atom is 0.143 e. The number of pyridine rings is 1. The molecule has 27 heavy (non-hydrogen) atoms. The number of halogens is 1. The van der Waals surface area contributed by atoms with E-state index in [0.717, 1.165) is 34.2 Å². The Balaban J connectivity index is 1.65. The summed E-state index contributed by atoms with van der Waals surface area (Å²) < 4.78 is 11.2. The van der Waals surface area contributed by atoms with Gasteiger partial charge in [-0.05, 0) is 52.9 Å². The Labute approximate surface area is 173 Å². The molecule has 0 amide bonds. The molecule has 4 rings (SSSR count). The first-order valence-corrected chi connectivity index (χ1v) is 13.9. The minimum atomic E-state index is -1.07. The van der Waals surface area contributed by atoms with Gasteiger partial charge in [0.2, 0.25) is 0 Å². The fraction of sp³-hybridized carbons (Fsp3) is 0.300. The van der Waals surface area contributed by atoms with Crippen LogP contribution >= 0.6 is 22.6 Å². The standard InChI is InChI=1S/C20H23IN4OSi/c1-27(2,3)11-10-26-14-24-9-7-17-18(6-8-22-20(17)24)25-19-12-16(21)5-4-15(19)13-23-25/h4-9,12-13H,10-11,14H2,1-3H3. The van der Waals surface area contributed by atoms with Gasteiger partial charge in [0.1, 0.15) is 12.4 Å². The van der Waals surface area contributed by atoms with E-state index in [4.69, 9.17) is 4.74 Å². The highest BCUT2D eigenvalue weighted by Crippen LogP contribution is 2.26. The molecule has 0 aliphatic heterocycles. The summed E-state index contributed by atoms with van der Waals surface area (Å²) in [6.07, 6.45) is 5.80. The van der Waals surface area contributed by atoms with Crippen molar-refractivity contribution in [3.8, 4) is 5.69 Å². The van der Waals surface area contributed by atoms with Gasteiger partial charge in [-0.3, -0.25) is 0 Å². The zero-order valence-corrected chi connectivity index (χ0v) is 19.0. The second-order valence-corrected chi connectivity index (χ2v) is 14.8. The second kappa shape index (κ2) is 7.37. The minimum Gasteiger partial charge on any atom is -0.361 e. The van der Waals surface area contributed by atoms with Gasteiger partial charge in [-0.15, -0.1) is 0 Å². The summed E-state index contributed by atoms with van der Waals surface area (Å²) in [5.74, 6) is 0. The maximum absolute atomic E-state index is 5.91. The molecular weight excluding hydrogens is 467 g/mol. The summed E-state index contributed by atoms with van der Waals surface area (Å²) in [7, 11) is -1.07. The van der Waals surface area contributed by atoms with Gasteiger partial charge in [-0.1, -0.05) is 25.7 Å². The summed E-state index contributed by atoms with van der Waals surface area (Å²) >= 11 is 2.34. The van der Waals surface area contributed by atoms with E-state index in [1.807, 2.05) is 29.3 Å². The first-order valence-electron chi connectivity index (χ1n) is 9.08. The summed E-state index contributed by atoms with van der Waals surface area (Å²) in [5.41, 5.74) is 3.07. The lowest BCUT2D eigenvalue weighted by Gasteiger charge is -2.15. The van der Waals surface area contributed by atoms with Crippen LogP contribution in [0.1, 0.15) is 0 Å². The van der Waals surface area contributed by atoms with Gasteiger partial charge in [-0.25, -0.2) is 9.67 Å². The zero-order valence-electron chi connectivity index (χ0n) is 15.8. The van der Waals surface area contributed by atoms with Gasteiger partial charge in [0.15, 0.2) is 0 Å². The SMILES string of the molecule is C[Si](C)(C)CCOCn1ccc2c(-n3ncc4ccc(I)cc43)ccnc21. The molecule has 0 atom stereocenters. The van der Waals surface area contributed by atoms with Crippen molar-refractivity contribution in [1.29, 1.82) is 0 Å². The van der Waals surface area contributed by atoms with Crippen LogP contribution in [0.25, 0.3) is 27.6 Å². The predicted molar refractivity (Wildman–Crippen MR) is 121 cm³/mol. The van der Waals surface area contributed by atoms with Gasteiger partial charge in [0.25, 0.3) is 0 Å². The fourth-order valence-electron chi connectivity index (χ4n) is 3.09. The lowest BCUT2D eigenvalue weighted by atomic mass is 10.2. The molecule has 0 N–H and O–H groups in total. The van der Waals surface area contributed by atoms with E-state index in [1.54, 1.807) is 0 Å². The quantitative estimate of drug-likeness (QED) is 0.210. The lowest BCUT2D eigenvalue weighted by Crippen LogP contribution is -2.22. The molecule has 3 heterocycles. The first kappa shape index (κ1) is 18.6. The van der Waals surface area contributed by atoms with Crippen molar-refractivity contribution in [2.75, 3.05) is 6.61 Å². The molecule has 0 aliphatic rings. The van der Waals surface area contributed by atoms with Crippen molar-refractivity contribution in [2.45, 2.75) is 32.4 Å². The molecule has 0 aliphatic carbocycles. The van der Waals surface area contributed by atoms with E-state index < -0.39 is 8.07 Å². The van der Waals surface area contributed by atoms with Gasteiger partial charge in [0, 0.05) is 41.4 Å². The van der Waals surface area contributed by atoms with Crippen molar-refractivity contribution < 1.29 is 4.74 Å². The van der Waals surface area contributed by atoms with Gasteiger partial charge in [0.05, 0.1) is 17.4 Å². The van der Waals surface area contributed by atoms with E-state index in [2.05, 4.69) is 81.1 Å². The highest BCUT2D eigenvalue weighted by Gasteiger charge is 2.14. The van der Waals surface area contributed by atoms with Crippen molar-refractivity contribution in [3.05, 3.63) is 52.5 Å². The molecule has 7 heteroatoms. The number of ether oxygens (including phenoxy) is 1. The monoisotopic (exact) mass is 490 g/mol. The molecular formula is C20H23IN4OSi. The van der Waals surface area contributed by atoms with Crippen LogP contribution in [0.15, 0.2) is 48.9 Å². The lowest BCUT2D eigenvalue weighted by molar-refractivity contribution is 0.0899. The number of hydrogen-bond acceptors (Lipinski definition) is 3. The molecule has 0 saturated heterocycles. The molecule has 0 bridgehead atoms. The summed E-state index contributed by atoms with van der Waals surface area (Å²) in [4.78, 5) is 4.59. The Morgan fingerprint density at radius 3 is 2.81 bits per heavy atom. The van der Waals surface area contributed by atoms with Crippen molar-refractivity contribution >= 4 is 52.6 Å². The van der Waals surface area contributed by atoms with Gasteiger partial charge < -0.3 is 9.30 Å². The normalized spacial score (nSPS) is 12.3. The van der Waals surface area contributed by atoms with E-state index in [1.165, 1.54) is 9.61 Å². The number of fused-ring (bicyclic) bond motifs is 2. The minimum absolute atomic E-state index is 0.530. The van der Waals surface area contributed by atoms with Crippen LogP contribution < -0.4 is 0 Å². The summed E-state index contributed by atoms with van der Waals surface area (Å²) in [5, 5.41) is 6.83. The highest BCUT2D eigenvalue weighted by atomic mass is 127. The van der Waals surface area contributed by atoms with E-state index in [0.29, 0.717) is 6.73 Å². The smallest absolute Gasteiger partial charge is 0.143 e. The predicted octanol–water partition coefficient (Wildman–Crippen LogP) is 5.29. The molecule has 3 aromatic heterocycles. The average molecular weight is 490 g/mol. The van der Waals surface area contributed by atoms with E-state index in [-0.39, 0.29) is 0 Å². The van der Waals surface area contributed by atoms with Gasteiger partial charge >= 0.3 is 0 Å². The van der Waals surface area contributed by atoms with Crippen LogP contribution in [0.3, 0.4) is 0 Å². The Kier molecular flexibility index (Phi) is 5.08. The van der Waals surface area contributed by atoms with Gasteiger partial charge in [-0.2, -0.15) is 5.10 Å². The molecule has 0 fully saturated rings. The molecule has 0 saturated carbocycles. The van der Waals surface area contributed by atoms with E-state index in [9.17, 15) is 0 Å². The third kappa shape index (κ3) is 3.95. The van der Waals surface area contributed by atoms with Crippen LogP contribution in [-0.4, -0.2) is 34.0 Å². The maximum atomic E-state index is 5.91. The first-order chi connectivity index (χ1) is 12.9. The number of nitrogens with zero attached hydrogens (tertiary/aromatic N) is 4. The topological polar surface area (TPSA) is 44.9 Å².